The van der Waals surface area contributed by atoms with Crippen molar-refractivity contribution in [3.63, 3.8) is 0 Å². The molecule has 3 aliphatic rings. The molecule has 4 amide bonds. The first kappa shape index (κ1) is 75.6. The molecule has 0 fully saturated rings. The van der Waals surface area contributed by atoms with E-state index in [9.17, 15) is 24.4 Å². The number of nitrogen functional groups attached to an aromatic ring is 1. The molecule has 0 bridgehead atoms. The fourth-order valence-electron chi connectivity index (χ4n) is 11.1. The van der Waals surface area contributed by atoms with E-state index in [1.54, 1.807) is 136 Å². The number of amides is 4. The summed E-state index contributed by atoms with van der Waals surface area (Å²) in [5, 5.41) is 28.6. The number of fused-ring (bicyclic) bond motifs is 3. The molecular formula is C73H79ClN16O10. The molecule has 12 rings (SSSR count). The van der Waals surface area contributed by atoms with Crippen LogP contribution in [0.2, 0.25) is 5.15 Å². The highest BCUT2D eigenvalue weighted by atomic mass is 35.5. The fraction of sp³-hybridized carbons (Fsp3) is 0.260. The quantitative estimate of drug-likeness (QED) is 0.0443. The fourth-order valence-corrected chi connectivity index (χ4v) is 11.3. The summed E-state index contributed by atoms with van der Waals surface area (Å²) in [6.45, 7) is 2.85. The molecule has 27 heteroatoms. The molecule has 3 aromatic carbocycles. The van der Waals surface area contributed by atoms with Crippen molar-refractivity contribution >= 4 is 75.2 Å². The molecule has 26 nitrogen and oxygen atoms in total. The number of nitrogens with one attached hydrogen (secondary N) is 3. The topological polar surface area (TPSA) is 346 Å². The lowest BCUT2D eigenvalue weighted by atomic mass is 10.1. The first-order valence-electron chi connectivity index (χ1n) is 30.3. The van der Waals surface area contributed by atoms with Crippen molar-refractivity contribution in [1.29, 1.82) is 10.5 Å². The highest BCUT2D eigenvalue weighted by molar-refractivity contribution is 6.30. The Kier molecular flexibility index (Phi) is 26.4. The summed E-state index contributed by atoms with van der Waals surface area (Å²) < 4.78 is 31.5. The van der Waals surface area contributed by atoms with Crippen molar-refractivity contribution < 1.29 is 47.6 Å². The van der Waals surface area contributed by atoms with Crippen molar-refractivity contribution in [2.24, 2.45) is 5.73 Å². The number of primary amides is 1. The van der Waals surface area contributed by atoms with Gasteiger partial charge >= 0.3 is 0 Å². The van der Waals surface area contributed by atoms with Gasteiger partial charge in [0.2, 0.25) is 0 Å². The number of halogens is 1. The maximum absolute atomic E-state index is 12.8. The number of carbonyl (C=O) groups is 4. The molecule has 9 aromatic rings. The summed E-state index contributed by atoms with van der Waals surface area (Å²) in [5.74, 6) is 0.731. The number of nitrogens with two attached hydrogens (primary N) is 2. The molecular weight excluding hydrogens is 1300 g/mol. The number of benzene rings is 3. The van der Waals surface area contributed by atoms with Crippen molar-refractivity contribution in [3.8, 4) is 29.4 Å². The third-order valence-corrected chi connectivity index (χ3v) is 15.6. The first-order chi connectivity index (χ1) is 47.3. The van der Waals surface area contributed by atoms with Crippen LogP contribution in [-0.4, -0.2) is 132 Å². The van der Waals surface area contributed by atoms with Crippen molar-refractivity contribution in [2.75, 3.05) is 85.5 Å². The molecule has 0 unspecified atom stereocenters. The van der Waals surface area contributed by atoms with E-state index in [0.717, 1.165) is 39.5 Å². The number of hydrogen-bond donors (Lipinski definition) is 5. The van der Waals surface area contributed by atoms with Gasteiger partial charge in [-0.15, -0.1) is 0 Å². The van der Waals surface area contributed by atoms with Gasteiger partial charge in [0.1, 0.15) is 23.1 Å². The van der Waals surface area contributed by atoms with Crippen LogP contribution in [0.5, 0.6) is 17.2 Å². The number of hydrogen-bond acceptors (Lipinski definition) is 22. The number of para-hydroxylation sites is 3. The Morgan fingerprint density at radius 2 is 0.870 bits per heavy atom. The van der Waals surface area contributed by atoms with Crippen LogP contribution >= 0.6 is 11.6 Å². The highest BCUT2D eigenvalue weighted by Gasteiger charge is 2.33. The van der Waals surface area contributed by atoms with Gasteiger partial charge < -0.3 is 70.5 Å². The average Bonchev–Trinajstić information content (AvgIpc) is 1.60. The Hall–Kier alpha value is -11.8. The minimum Gasteiger partial charge on any atom is -0.494 e. The SMILES string of the molecule is C.C.COCc1ccnc(Cc2cc(Nc3cccc(C#N)c3OC)c3c(n2)CN(C)C3=O)c1.COCc1ccnc(Cc2cc(Nc3cccc(C(N)=O)c3OC)c3c(n2)CN(C)C3=O)c1.COCc1ccnc(N)c1.COc1c(C#N)cccc1Nc1cc(Cl)nc2c1C(=O)N(C)C2. The molecule has 0 saturated carbocycles. The van der Waals surface area contributed by atoms with Crippen LogP contribution in [0.1, 0.15) is 124 Å². The molecule has 0 radical (unpaired) electrons. The van der Waals surface area contributed by atoms with E-state index < -0.39 is 5.91 Å². The van der Waals surface area contributed by atoms with Gasteiger partial charge in [0, 0.05) is 96.7 Å². The molecule has 518 valence electrons. The lowest BCUT2D eigenvalue weighted by Crippen LogP contribution is -2.18. The number of aromatic nitrogens is 6. The summed E-state index contributed by atoms with van der Waals surface area (Å²) in [6.07, 6.45) is 6.16. The van der Waals surface area contributed by atoms with Crippen LogP contribution < -0.4 is 41.6 Å². The Morgan fingerprint density at radius 1 is 0.500 bits per heavy atom. The van der Waals surface area contributed by atoms with Gasteiger partial charge in [-0.05, 0) is 108 Å². The third-order valence-electron chi connectivity index (χ3n) is 15.4. The van der Waals surface area contributed by atoms with E-state index in [0.29, 0.717) is 160 Å². The zero-order valence-corrected chi connectivity index (χ0v) is 56.1. The average molecular weight is 1380 g/mol. The maximum Gasteiger partial charge on any atom is 0.257 e. The minimum absolute atomic E-state index is 0. The number of methoxy groups -OCH3 is 6. The minimum atomic E-state index is -0.603. The van der Waals surface area contributed by atoms with E-state index in [2.05, 4.69) is 48.0 Å². The van der Waals surface area contributed by atoms with Crippen molar-refractivity contribution in [2.45, 2.75) is 67.1 Å². The summed E-state index contributed by atoms with van der Waals surface area (Å²) in [5.41, 5.74) is 25.3. The van der Waals surface area contributed by atoms with Crippen LogP contribution in [0, 0.1) is 22.7 Å². The zero-order valence-electron chi connectivity index (χ0n) is 55.3. The number of pyridine rings is 6. The normalized spacial score (nSPS) is 12.0. The molecule has 100 heavy (non-hydrogen) atoms. The Morgan fingerprint density at radius 3 is 1.25 bits per heavy atom. The Bertz CT molecular complexity index is 4560. The first-order valence-corrected chi connectivity index (χ1v) is 30.7. The van der Waals surface area contributed by atoms with Gasteiger partial charge in [-0.3, -0.25) is 39.1 Å². The molecule has 9 heterocycles. The van der Waals surface area contributed by atoms with E-state index in [4.69, 9.17) is 66.7 Å². The monoisotopic (exact) mass is 1370 g/mol. The van der Waals surface area contributed by atoms with Gasteiger partial charge in [0.15, 0.2) is 17.2 Å². The highest BCUT2D eigenvalue weighted by Crippen LogP contribution is 2.39. The van der Waals surface area contributed by atoms with Gasteiger partial charge in [-0.1, -0.05) is 44.7 Å². The molecule has 0 saturated heterocycles. The van der Waals surface area contributed by atoms with Gasteiger partial charge in [0.25, 0.3) is 23.6 Å². The Balaban J connectivity index is 0.000000197. The molecule has 7 N–H and O–H groups in total. The molecule has 6 aromatic heterocycles. The van der Waals surface area contributed by atoms with Crippen LogP contribution in [0.25, 0.3) is 0 Å². The molecule has 0 aliphatic carbocycles. The summed E-state index contributed by atoms with van der Waals surface area (Å²) >= 11 is 6.06. The number of carbonyl (C=O) groups excluding carboxylic acids is 4. The second-order valence-corrected chi connectivity index (χ2v) is 22.8. The number of nitriles is 2. The number of nitrogens with zero attached hydrogens (tertiary/aromatic N) is 11. The van der Waals surface area contributed by atoms with Crippen molar-refractivity contribution in [1.82, 2.24) is 44.6 Å². The van der Waals surface area contributed by atoms with Gasteiger partial charge in [-0.2, -0.15) is 10.5 Å². The largest absolute Gasteiger partial charge is 0.494 e. The number of rotatable bonds is 20. The second-order valence-electron chi connectivity index (χ2n) is 22.4. The number of ether oxygens (including phenoxy) is 6. The van der Waals surface area contributed by atoms with Gasteiger partial charge in [-0.25, -0.2) is 9.97 Å². The molecule has 3 aliphatic heterocycles. The van der Waals surface area contributed by atoms with Gasteiger partial charge in [0.05, 0.1) is 145 Å². The summed E-state index contributed by atoms with van der Waals surface area (Å²) in [6, 6.07) is 36.4. The van der Waals surface area contributed by atoms with Crippen LogP contribution in [0.3, 0.4) is 0 Å². The van der Waals surface area contributed by atoms with E-state index in [-0.39, 0.29) is 38.1 Å². The third kappa shape index (κ3) is 17.9. The predicted molar refractivity (Wildman–Crippen MR) is 380 cm³/mol. The van der Waals surface area contributed by atoms with Crippen molar-refractivity contribution in [3.05, 3.63) is 223 Å². The number of anilines is 7. The lowest BCUT2D eigenvalue weighted by molar-refractivity contribution is 0.0809. The maximum atomic E-state index is 12.8. The van der Waals surface area contributed by atoms with E-state index in [1.165, 1.54) is 21.3 Å². The summed E-state index contributed by atoms with van der Waals surface area (Å²) in [7, 11) is 14.6. The summed E-state index contributed by atoms with van der Waals surface area (Å²) in [4.78, 5) is 81.0. The van der Waals surface area contributed by atoms with E-state index >= 15 is 0 Å². The van der Waals surface area contributed by atoms with E-state index in [1.807, 2.05) is 48.5 Å². The zero-order chi connectivity index (χ0) is 70.2. The van der Waals surface area contributed by atoms with Crippen LogP contribution in [-0.2, 0) is 66.5 Å². The second kappa shape index (κ2) is 34.9. The Labute approximate surface area is 585 Å². The van der Waals surface area contributed by atoms with Crippen LogP contribution in [0.15, 0.2) is 128 Å². The molecule has 0 spiro atoms. The smallest absolute Gasteiger partial charge is 0.257 e. The molecule has 0 atom stereocenters. The van der Waals surface area contributed by atoms with Crippen LogP contribution in [0.4, 0.5) is 39.9 Å². The predicted octanol–water partition coefficient (Wildman–Crippen LogP) is 11.1. The standard InChI is InChI=1S/C24H25N5O4.C24H23N5O3.C16H13ClN4O2.C7H10N2O.2CH4/c1-29-12-20-21(24(29)31)19(28-18-6-4-5-17(23(25)30)22(18)33-3)11-16(27-20)10-15-9-14(13-32-2)7-8-26-15;1-29-13-21-22(24(29)30)20(28-19-6-4-5-16(12-25)23(19)32-3)11-18(27-21)10-17-9-15(14-31-2)7-8-26-17;1-21-8-12-14(16(21)22)11(6-13(17)20-12)19-10-5-3-4-9(7-18)15(10)23-2;1-10-5-6-2-3-9-7(8)4-6;;/h4-9,11H,10,12-13H2,1-3H3,(H2,25,30)(H,27,28);4-9,11H,10,13-14H2,1-3H3,(H,27,28);3-6H,8H2,1-2H3,(H,19,20);2-4H,5H2,1H3,(H2,8,9);2*1H4. The lowest BCUT2D eigenvalue weighted by Gasteiger charge is -2.16.